The zero-order valence-corrected chi connectivity index (χ0v) is 51.4. The molecule has 7 heteroatoms. The number of fused-ring (bicyclic) bond motifs is 6. The van der Waals surface area contributed by atoms with Crippen molar-refractivity contribution in [2.45, 2.75) is 191 Å². The highest BCUT2D eigenvalue weighted by Crippen LogP contribution is 2.58. The Balaban J connectivity index is 1.18. The Morgan fingerprint density at radius 2 is 1.00 bits per heavy atom. The van der Waals surface area contributed by atoms with Crippen LogP contribution in [-0.4, -0.2) is 19.8 Å². The van der Waals surface area contributed by atoms with Gasteiger partial charge in [0.2, 0.25) is 0 Å². The topological polar surface area (TPSA) is 22.6 Å². The van der Waals surface area contributed by atoms with Crippen LogP contribution in [0.25, 0.3) is 10.1 Å². The highest BCUT2D eigenvalue weighted by atomic mass is 32.1. The number of hydrogen-bond acceptors (Lipinski definition) is 5. The molecule has 0 radical (unpaired) electrons. The van der Waals surface area contributed by atoms with Gasteiger partial charge in [-0.3, -0.25) is 4.98 Å². The molecule has 3 saturated carbocycles. The molecule has 5 aliphatic rings. The fourth-order valence-corrected chi connectivity index (χ4v) is 25.6. The molecule has 80 heavy (non-hydrogen) atoms. The van der Waals surface area contributed by atoms with Crippen molar-refractivity contribution in [2.75, 3.05) is 14.7 Å². The molecule has 2 aromatic heterocycles. The van der Waals surface area contributed by atoms with Crippen LogP contribution in [-0.2, 0) is 16.2 Å². The van der Waals surface area contributed by atoms with E-state index in [1.807, 2.05) is 23.7 Å². The van der Waals surface area contributed by atoms with Crippen molar-refractivity contribution in [2.24, 2.45) is 0 Å². The van der Waals surface area contributed by atoms with Crippen molar-refractivity contribution in [1.82, 2.24) is 4.98 Å². The Kier molecular flexibility index (Phi) is 13.9. The minimum Gasteiger partial charge on any atom is -0.311 e. The minimum absolute atomic E-state index is 0.00389. The molecule has 0 unspecified atom stereocenters. The van der Waals surface area contributed by atoms with Gasteiger partial charge in [-0.15, -0.1) is 11.3 Å². The number of nitrogens with zero attached hydrogens (tertiary/aromatic N) is 4. The third kappa shape index (κ3) is 9.29. The lowest BCUT2D eigenvalue weighted by Crippen LogP contribution is -2.64. The molecule has 13 rings (SSSR count). The summed E-state index contributed by atoms with van der Waals surface area (Å²) in [6, 6.07) is 55.7. The molecule has 0 N–H and O–H groups in total. The van der Waals surface area contributed by atoms with Gasteiger partial charge in [0.15, 0.2) is 0 Å². The van der Waals surface area contributed by atoms with E-state index in [-0.39, 0.29) is 23.0 Å². The maximum atomic E-state index is 4.72. The second-order valence-corrected chi connectivity index (χ2v) is 33.9. The van der Waals surface area contributed by atoms with E-state index < -0.39 is 8.07 Å². The smallest absolute Gasteiger partial charge is 0.264 e. The summed E-state index contributed by atoms with van der Waals surface area (Å²) in [4.78, 5) is 12.7. The van der Waals surface area contributed by atoms with Crippen LogP contribution in [0.15, 0.2) is 152 Å². The maximum Gasteiger partial charge on any atom is 0.264 e. The summed E-state index contributed by atoms with van der Waals surface area (Å²) in [6.45, 7) is 21.3. The molecule has 0 bridgehead atoms. The average molecular weight is 1090 g/mol. The molecule has 6 aromatic carbocycles. The van der Waals surface area contributed by atoms with E-state index in [9.17, 15) is 0 Å². The molecule has 3 aliphatic carbocycles. The first kappa shape index (κ1) is 53.4. The van der Waals surface area contributed by atoms with Gasteiger partial charge in [0, 0.05) is 60.9 Å². The summed E-state index contributed by atoms with van der Waals surface area (Å²) in [5, 5.41) is 3.16. The molecular weight excluding hydrogens is 1000 g/mol. The van der Waals surface area contributed by atoms with Crippen molar-refractivity contribution in [1.29, 1.82) is 0 Å². The van der Waals surface area contributed by atoms with Crippen LogP contribution in [0.1, 0.15) is 175 Å². The second kappa shape index (κ2) is 20.8. The third-order valence-corrected chi connectivity index (χ3v) is 28.3. The summed E-state index contributed by atoms with van der Waals surface area (Å²) in [5.74, 6) is 0. The predicted molar refractivity (Wildman–Crippen MR) is 350 cm³/mol. The molecule has 2 aliphatic heterocycles. The summed E-state index contributed by atoms with van der Waals surface area (Å²) in [7, 11) is -2.34. The van der Waals surface area contributed by atoms with Crippen LogP contribution in [0.5, 0.6) is 0 Å². The lowest BCUT2D eigenvalue weighted by Gasteiger charge is -2.54. The molecule has 3 fully saturated rings. The molecule has 4 heterocycles. The number of anilines is 9. The first-order chi connectivity index (χ1) is 38.6. The predicted octanol–water partition coefficient (Wildman–Crippen LogP) is 19.4. The Morgan fingerprint density at radius 3 is 1.52 bits per heavy atom. The van der Waals surface area contributed by atoms with Crippen LogP contribution in [0.2, 0.25) is 16.6 Å². The highest BCUT2D eigenvalue weighted by Gasteiger charge is 2.56. The first-order valence-electron chi connectivity index (χ1n) is 31.0. The zero-order valence-electron chi connectivity index (χ0n) is 49.5. The van der Waals surface area contributed by atoms with Crippen molar-refractivity contribution in [3.63, 3.8) is 0 Å². The van der Waals surface area contributed by atoms with Gasteiger partial charge < -0.3 is 14.7 Å². The zero-order chi connectivity index (χ0) is 55.1. The minimum atomic E-state index is -2.34. The number of thiophene rings is 1. The van der Waals surface area contributed by atoms with Crippen LogP contribution >= 0.6 is 11.3 Å². The van der Waals surface area contributed by atoms with Gasteiger partial charge in [0.25, 0.3) is 6.71 Å². The van der Waals surface area contributed by atoms with E-state index in [1.54, 1.807) is 5.19 Å². The quantitative estimate of drug-likeness (QED) is 0.134. The molecule has 4 nitrogen and oxygen atoms in total. The summed E-state index contributed by atoms with van der Waals surface area (Å²) >= 11 is 2.04. The Hall–Kier alpha value is -5.89. The summed E-state index contributed by atoms with van der Waals surface area (Å²) in [5.41, 5.74) is 20.7. The number of benzene rings is 6. The van der Waals surface area contributed by atoms with E-state index in [0.717, 1.165) is 33.7 Å². The van der Waals surface area contributed by atoms with Gasteiger partial charge in [-0.2, -0.15) is 0 Å². The molecule has 0 saturated heterocycles. The van der Waals surface area contributed by atoms with Crippen LogP contribution < -0.4 is 35.6 Å². The van der Waals surface area contributed by atoms with Crippen molar-refractivity contribution in [3.8, 4) is 0 Å². The van der Waals surface area contributed by atoms with Gasteiger partial charge in [-0.1, -0.05) is 218 Å². The van der Waals surface area contributed by atoms with Gasteiger partial charge in [0.1, 0.15) is 0 Å². The number of para-hydroxylation sites is 1. The molecular formula is C73H85BN4SSi. The monoisotopic (exact) mass is 1090 g/mol. The fraction of sp³-hybridized carbons (Fsp3) is 0.411. The maximum absolute atomic E-state index is 4.72. The number of rotatable bonds is 9. The van der Waals surface area contributed by atoms with E-state index in [4.69, 9.17) is 4.98 Å². The lowest BCUT2D eigenvalue weighted by molar-refractivity contribution is 0.421. The third-order valence-electron chi connectivity index (χ3n) is 20.0. The Morgan fingerprint density at radius 1 is 0.487 bits per heavy atom. The molecule has 0 atom stereocenters. The Bertz CT molecular complexity index is 3430. The lowest BCUT2D eigenvalue weighted by atomic mass is 9.36. The largest absolute Gasteiger partial charge is 0.311 e. The number of aromatic nitrogens is 1. The van der Waals surface area contributed by atoms with Crippen LogP contribution in [0.3, 0.4) is 0 Å². The molecule has 0 spiro atoms. The van der Waals surface area contributed by atoms with Crippen LogP contribution in [0.4, 0.5) is 51.2 Å². The summed E-state index contributed by atoms with van der Waals surface area (Å²) < 4.78 is 2.82. The standard InChI is InChI=1S/C73H85BN4SSi/c1-71(2,3)50-32-37-54(38-33-50)77-64-46-56(76(53-23-14-10-15-24-53)57-25-22-44-75-49-57)41-42-63(64)74-68-65(77)47-61(80(58-26-16-11-17-27-58,59-28-18-12-19-29-59)60-30-20-13-21-31-60)48-66(68)78(55-39-34-51(35-40-55)72(4,5)6)69-62-45-52(73(7,8)9)36-43-67(62)79-70(69)74/h10,14-15,22-25,32-49,58-60H,11-13,16-21,26-31H2,1-9H3. The van der Waals surface area contributed by atoms with E-state index in [2.05, 4.69) is 217 Å². The van der Waals surface area contributed by atoms with Gasteiger partial charge in [-0.25, -0.2) is 0 Å². The normalized spacial score (nSPS) is 17.6. The van der Waals surface area contributed by atoms with Crippen molar-refractivity contribution < 1.29 is 0 Å². The second-order valence-electron chi connectivity index (χ2n) is 28.0. The Labute approximate surface area is 485 Å². The van der Waals surface area contributed by atoms with E-state index in [1.165, 1.54) is 173 Å². The van der Waals surface area contributed by atoms with E-state index in [0.29, 0.717) is 0 Å². The first-order valence-corrected chi connectivity index (χ1v) is 34.1. The highest BCUT2D eigenvalue weighted by molar-refractivity contribution is 7.33. The van der Waals surface area contributed by atoms with Gasteiger partial charge >= 0.3 is 0 Å². The van der Waals surface area contributed by atoms with Crippen LogP contribution in [0, 0.1) is 0 Å². The average Bonchev–Trinajstić information content (AvgIpc) is 2.90. The number of hydrogen-bond donors (Lipinski definition) is 0. The SMILES string of the molecule is CC(C)(C)c1ccc(N2c3cc(N(c4ccccc4)c4cccnc4)ccc3B3c4sc5ccc(C(C)(C)C)cc5c4N(c4ccc(C(C)(C)C)cc4)c4cc([Si](C5CCCCC5)(C5CCCCC5)C5CCCCC5)cc2c43)cc1. The van der Waals surface area contributed by atoms with Crippen molar-refractivity contribution >= 4 is 108 Å². The molecule has 8 aromatic rings. The molecule has 410 valence electrons. The number of pyridine rings is 1. The summed E-state index contributed by atoms with van der Waals surface area (Å²) in [6.07, 6.45) is 24.9. The van der Waals surface area contributed by atoms with E-state index >= 15 is 0 Å². The van der Waals surface area contributed by atoms with Gasteiger partial charge in [-0.05, 0) is 145 Å². The van der Waals surface area contributed by atoms with Gasteiger partial charge in [0.05, 0.1) is 25.6 Å². The molecule has 0 amide bonds. The van der Waals surface area contributed by atoms with Crippen molar-refractivity contribution in [3.05, 3.63) is 169 Å². The fourth-order valence-electron chi connectivity index (χ4n) is 16.0.